The Morgan fingerprint density at radius 2 is 1.02 bits per heavy atom. The Balaban J connectivity index is 0.000000165. The van der Waals surface area contributed by atoms with Crippen LogP contribution in [0, 0.1) is 22.9 Å². The van der Waals surface area contributed by atoms with Crippen molar-refractivity contribution in [3.05, 3.63) is 60.7 Å². The van der Waals surface area contributed by atoms with Crippen LogP contribution in [-0.2, 0) is 0 Å². The minimum atomic E-state index is -3.00. The van der Waals surface area contributed by atoms with E-state index in [1.165, 1.54) is 0 Å². The summed E-state index contributed by atoms with van der Waals surface area (Å²) in [7, 11) is -5.97. The van der Waals surface area contributed by atoms with Crippen molar-refractivity contribution < 1.29 is 18.2 Å². The maximum atomic E-state index is 10.8. The third-order valence-corrected chi connectivity index (χ3v) is 12.2. The van der Waals surface area contributed by atoms with E-state index in [-0.39, 0.29) is 12.1 Å². The highest BCUT2D eigenvalue weighted by molar-refractivity contribution is 8.23. The van der Waals surface area contributed by atoms with Crippen LogP contribution in [0.5, 0.6) is 0 Å². The fraction of sp³-hybridized carbons (Fsp3) is 0.481. The lowest BCUT2D eigenvalue weighted by Gasteiger charge is -2.55. The zero-order valence-corrected chi connectivity index (χ0v) is 24.5. The van der Waals surface area contributed by atoms with Gasteiger partial charge in [0.05, 0.1) is 30.0 Å². The molecule has 4 fully saturated rings. The van der Waals surface area contributed by atoms with Gasteiger partial charge in [0, 0.05) is 45.8 Å². The Bertz CT molecular complexity index is 1250. The highest BCUT2D eigenvalue weighted by atomic mass is 32.3. The Labute approximate surface area is 245 Å². The van der Waals surface area contributed by atoms with E-state index < -0.39 is 21.9 Å². The summed E-state index contributed by atoms with van der Waals surface area (Å²) in [5.41, 5.74) is 1.66. The number of para-hydroxylation sites is 2. The number of hydrogen-bond acceptors (Lipinski definition) is 12. The summed E-state index contributed by atoms with van der Waals surface area (Å²) >= 11 is 0. The van der Waals surface area contributed by atoms with E-state index in [4.69, 9.17) is 10.5 Å². The molecular weight excluding hydrogens is 564 g/mol. The summed E-state index contributed by atoms with van der Waals surface area (Å²) in [5, 5.41) is 17.9. The van der Waals surface area contributed by atoms with Crippen molar-refractivity contribution >= 4 is 33.3 Å². The Hall–Kier alpha value is -2.92. The average Bonchev–Trinajstić information content (AvgIpc) is 3.72. The van der Waals surface area contributed by atoms with E-state index >= 15 is 0 Å². The molecule has 4 saturated heterocycles. The summed E-state index contributed by atoms with van der Waals surface area (Å²) in [5.74, 6) is 0. The van der Waals surface area contributed by atoms with Gasteiger partial charge in [-0.15, -0.1) is 0 Å². The predicted molar refractivity (Wildman–Crippen MR) is 162 cm³/mol. The minimum Gasteiger partial charge on any atom is -0.309 e. The van der Waals surface area contributed by atoms with Crippen LogP contribution in [0.3, 0.4) is 0 Å². The van der Waals surface area contributed by atoms with Crippen LogP contribution in [0.1, 0.15) is 19.3 Å². The first-order valence-corrected chi connectivity index (χ1v) is 16.7. The molecule has 2 aromatic carbocycles. The van der Waals surface area contributed by atoms with Crippen molar-refractivity contribution in [2.75, 3.05) is 61.0 Å². The number of anilines is 2. The molecule has 0 aromatic heterocycles. The van der Waals surface area contributed by atoms with Crippen molar-refractivity contribution in [1.82, 2.24) is 18.4 Å². The molecule has 12 nitrogen and oxygen atoms in total. The van der Waals surface area contributed by atoms with Crippen molar-refractivity contribution in [3.8, 4) is 12.4 Å². The number of hydrogen-bond donors (Lipinski definition) is 4. The van der Waals surface area contributed by atoms with Gasteiger partial charge in [-0.3, -0.25) is 26.8 Å². The molecule has 4 aliphatic rings. The maximum absolute atomic E-state index is 10.8. The molecule has 2 unspecified atom stereocenters. The average molecular weight is 603 g/mol. The number of likely N-dealkylation sites (tertiary alicyclic amines) is 2. The second kappa shape index (κ2) is 12.5. The first-order chi connectivity index (χ1) is 19.8. The second-order valence-corrected chi connectivity index (χ2v) is 14.2. The van der Waals surface area contributed by atoms with Crippen molar-refractivity contribution in [3.63, 3.8) is 0 Å². The SMILES string of the molecule is N#CN1CCC(N2CCCN(c3ccccc3)S2(O)O)C1.N#CN1CCC(N2CCN(c3ccccc3)S2(O)O)C1. The minimum absolute atomic E-state index is 0.0289. The number of rotatable bonds is 4. The fourth-order valence-electron chi connectivity index (χ4n) is 5.93. The van der Waals surface area contributed by atoms with Crippen molar-refractivity contribution in [2.45, 2.75) is 31.3 Å². The van der Waals surface area contributed by atoms with Gasteiger partial charge in [-0.1, -0.05) is 58.3 Å². The molecular formula is C27H38N8O4S2. The third kappa shape index (κ3) is 6.16. The van der Waals surface area contributed by atoms with Crippen molar-refractivity contribution in [2.24, 2.45) is 0 Å². The van der Waals surface area contributed by atoms with Gasteiger partial charge in [-0.2, -0.15) is 19.1 Å². The van der Waals surface area contributed by atoms with Crippen LogP contribution >= 0.6 is 21.9 Å². The van der Waals surface area contributed by atoms with E-state index in [0.29, 0.717) is 52.4 Å². The molecule has 2 aromatic rings. The number of nitriles is 2. The molecule has 0 spiro atoms. The zero-order chi connectivity index (χ0) is 29.0. The topological polar surface area (TPSA) is 148 Å². The van der Waals surface area contributed by atoms with Crippen molar-refractivity contribution in [1.29, 1.82) is 10.5 Å². The first-order valence-electron chi connectivity index (χ1n) is 13.8. The smallest absolute Gasteiger partial charge is 0.179 e. The van der Waals surface area contributed by atoms with Gasteiger partial charge >= 0.3 is 0 Å². The molecule has 0 bridgehead atoms. The molecule has 6 rings (SSSR count). The number of benzene rings is 2. The lowest BCUT2D eigenvalue weighted by molar-refractivity contribution is 0.266. The normalized spacial score (nSPS) is 27.5. The summed E-state index contributed by atoms with van der Waals surface area (Å²) in [6.07, 6.45) is 6.75. The summed E-state index contributed by atoms with van der Waals surface area (Å²) in [4.78, 5) is 3.35. The largest absolute Gasteiger partial charge is 0.309 e. The third-order valence-electron chi connectivity index (χ3n) is 8.00. The molecule has 2 atom stereocenters. The highest BCUT2D eigenvalue weighted by Gasteiger charge is 2.43. The summed E-state index contributed by atoms with van der Waals surface area (Å²) in [6, 6.07) is 19.0. The van der Waals surface area contributed by atoms with Gasteiger partial charge in [-0.25, -0.2) is 0 Å². The van der Waals surface area contributed by atoms with E-state index in [0.717, 1.165) is 30.6 Å². The standard InChI is InChI=1S/C14H20N4O2S.C13H18N4O2S/c15-12-16-10-7-14(11-16)18-9-4-8-17(21(18,19)20)13-5-2-1-3-6-13;14-11-15-7-6-13(10-15)17-9-8-16(20(17,18)19)12-4-2-1-3-5-12/h1-3,5-6,14,19-20H,4,7-11H2;1-5,13,18-19H,6-10H2. The highest BCUT2D eigenvalue weighted by Crippen LogP contribution is 2.55. The van der Waals surface area contributed by atoms with Crippen LogP contribution in [0.4, 0.5) is 11.4 Å². The lowest BCUT2D eigenvalue weighted by Crippen LogP contribution is -2.50. The second-order valence-electron chi connectivity index (χ2n) is 10.5. The van der Waals surface area contributed by atoms with Gasteiger partial charge < -0.3 is 9.80 Å². The monoisotopic (exact) mass is 602 g/mol. The Kier molecular flexibility index (Phi) is 9.03. The quantitative estimate of drug-likeness (QED) is 0.370. The molecule has 14 heteroatoms. The van der Waals surface area contributed by atoms with Gasteiger partial charge in [0.25, 0.3) is 0 Å². The van der Waals surface area contributed by atoms with Gasteiger partial charge in [0.2, 0.25) is 0 Å². The molecule has 0 amide bonds. The van der Waals surface area contributed by atoms with Crippen LogP contribution in [0.2, 0.25) is 0 Å². The molecule has 4 aliphatic heterocycles. The Morgan fingerprint density at radius 3 is 1.46 bits per heavy atom. The van der Waals surface area contributed by atoms with Crippen LogP contribution in [0.15, 0.2) is 60.7 Å². The summed E-state index contributed by atoms with van der Waals surface area (Å²) < 4.78 is 49.6. The van der Waals surface area contributed by atoms with E-state index in [1.807, 2.05) is 60.7 Å². The lowest BCUT2D eigenvalue weighted by atomic mass is 10.2. The van der Waals surface area contributed by atoms with Crippen LogP contribution in [0.25, 0.3) is 0 Å². The maximum Gasteiger partial charge on any atom is 0.179 e. The Morgan fingerprint density at radius 1 is 0.585 bits per heavy atom. The van der Waals surface area contributed by atoms with Gasteiger partial charge in [0.1, 0.15) is 0 Å². The molecule has 0 radical (unpaired) electrons. The molecule has 222 valence electrons. The zero-order valence-electron chi connectivity index (χ0n) is 22.9. The first kappa shape index (κ1) is 29.6. The molecule has 4 N–H and O–H groups in total. The number of nitrogens with zero attached hydrogens (tertiary/aromatic N) is 8. The molecule has 4 heterocycles. The molecule has 0 saturated carbocycles. The fourth-order valence-corrected chi connectivity index (χ4v) is 9.79. The molecule has 41 heavy (non-hydrogen) atoms. The molecule has 0 aliphatic carbocycles. The van der Waals surface area contributed by atoms with E-state index in [9.17, 15) is 18.2 Å². The predicted octanol–water partition coefficient (Wildman–Crippen LogP) is 4.28. The summed E-state index contributed by atoms with van der Waals surface area (Å²) in [6.45, 7) is 5.05. The van der Waals surface area contributed by atoms with Crippen LogP contribution in [-0.4, -0.2) is 101 Å². The van der Waals surface area contributed by atoms with Crippen LogP contribution < -0.4 is 8.61 Å². The van der Waals surface area contributed by atoms with Gasteiger partial charge in [0.15, 0.2) is 12.4 Å². The van der Waals surface area contributed by atoms with E-state index in [2.05, 4.69) is 12.4 Å². The van der Waals surface area contributed by atoms with E-state index in [1.54, 1.807) is 27.0 Å². The van der Waals surface area contributed by atoms with Gasteiger partial charge in [-0.05, 0) is 43.5 Å².